The molecule has 1 heteroatoms. The molecule has 2 aromatic rings. The monoisotopic (exact) mass is 209 g/mol. The zero-order valence-electron chi connectivity index (χ0n) is 9.40. The van der Waals surface area contributed by atoms with E-state index in [9.17, 15) is 0 Å². The first kappa shape index (κ1) is 10.7. The van der Waals surface area contributed by atoms with E-state index in [0.29, 0.717) is 0 Å². The van der Waals surface area contributed by atoms with E-state index in [1.54, 1.807) is 0 Å². The van der Waals surface area contributed by atoms with Crippen LogP contribution in [0.15, 0.2) is 42.5 Å². The second kappa shape index (κ2) is 4.83. The maximum atomic E-state index is 5.31. The van der Waals surface area contributed by atoms with E-state index >= 15 is 0 Å². The highest BCUT2D eigenvalue weighted by Gasteiger charge is 1.98. The van der Waals surface area contributed by atoms with Crippen molar-refractivity contribution in [2.75, 3.05) is 0 Å². The Morgan fingerprint density at radius 1 is 1.19 bits per heavy atom. The van der Waals surface area contributed by atoms with Crippen molar-refractivity contribution < 1.29 is 0 Å². The first-order valence-corrected chi connectivity index (χ1v) is 5.47. The fraction of sp³-hybridized carbons (Fsp3) is 0.200. The molecule has 0 radical (unpaired) electrons. The minimum Gasteiger partial charge on any atom is -0.300 e. The highest BCUT2D eigenvalue weighted by atomic mass is 14.9. The third-order valence-electron chi connectivity index (χ3n) is 2.68. The average Bonchev–Trinajstić information content (AvgIpc) is 2.35. The second-order valence-electron chi connectivity index (χ2n) is 3.95. The Kier molecular flexibility index (Phi) is 3.24. The van der Waals surface area contributed by atoms with Crippen LogP contribution in [0.25, 0.3) is 10.8 Å². The van der Waals surface area contributed by atoms with Crippen molar-refractivity contribution in [3.63, 3.8) is 0 Å². The highest BCUT2D eigenvalue weighted by molar-refractivity contribution is 5.82. The van der Waals surface area contributed by atoms with Crippen LogP contribution >= 0.6 is 0 Å². The van der Waals surface area contributed by atoms with Gasteiger partial charge in [-0.05, 0) is 29.3 Å². The smallest absolute Gasteiger partial charge is 0.0660 e. The first-order chi connectivity index (χ1) is 7.79. The molecule has 0 saturated heterocycles. The van der Waals surface area contributed by atoms with Crippen LogP contribution in [0, 0.1) is 12.3 Å². The van der Waals surface area contributed by atoms with Crippen LogP contribution in [0.1, 0.15) is 12.5 Å². The van der Waals surface area contributed by atoms with Crippen molar-refractivity contribution in [3.8, 4) is 12.3 Å². The van der Waals surface area contributed by atoms with Crippen LogP contribution in [0.3, 0.4) is 0 Å². The quantitative estimate of drug-likeness (QED) is 0.766. The van der Waals surface area contributed by atoms with E-state index in [-0.39, 0.29) is 6.04 Å². The van der Waals surface area contributed by atoms with Crippen LogP contribution in [0.5, 0.6) is 0 Å². The van der Waals surface area contributed by atoms with Crippen molar-refractivity contribution in [2.45, 2.75) is 19.5 Å². The van der Waals surface area contributed by atoms with Gasteiger partial charge >= 0.3 is 0 Å². The number of hydrogen-bond donors (Lipinski definition) is 1. The minimum atomic E-state index is 0.117. The Morgan fingerprint density at radius 3 is 2.69 bits per heavy atom. The third kappa shape index (κ3) is 2.42. The van der Waals surface area contributed by atoms with Gasteiger partial charge in [-0.25, -0.2) is 0 Å². The lowest BCUT2D eigenvalue weighted by Gasteiger charge is -2.08. The Bertz CT molecular complexity index is 522. The van der Waals surface area contributed by atoms with Crippen LogP contribution < -0.4 is 5.32 Å². The molecule has 0 saturated carbocycles. The Balaban J connectivity index is 2.17. The summed E-state index contributed by atoms with van der Waals surface area (Å²) in [5.74, 6) is 2.66. The largest absolute Gasteiger partial charge is 0.300 e. The summed E-state index contributed by atoms with van der Waals surface area (Å²) in [5, 5.41) is 5.82. The van der Waals surface area contributed by atoms with E-state index in [1.165, 1.54) is 16.3 Å². The molecule has 0 aliphatic heterocycles. The molecule has 80 valence electrons. The first-order valence-electron chi connectivity index (χ1n) is 5.47. The zero-order chi connectivity index (χ0) is 11.4. The summed E-state index contributed by atoms with van der Waals surface area (Å²) in [5.41, 5.74) is 1.26. The Morgan fingerprint density at radius 2 is 1.94 bits per heavy atom. The molecule has 2 rings (SSSR count). The topological polar surface area (TPSA) is 12.0 Å². The molecule has 0 amide bonds. The van der Waals surface area contributed by atoms with E-state index in [2.05, 4.69) is 53.7 Å². The average molecular weight is 209 g/mol. The van der Waals surface area contributed by atoms with Crippen LogP contribution in [-0.4, -0.2) is 6.04 Å². The van der Waals surface area contributed by atoms with Gasteiger partial charge in [-0.3, -0.25) is 5.32 Å². The molecule has 2 aromatic carbocycles. The maximum Gasteiger partial charge on any atom is 0.0660 e. The van der Waals surface area contributed by atoms with Crippen LogP contribution in [0.4, 0.5) is 0 Å². The van der Waals surface area contributed by atoms with Gasteiger partial charge in [0.2, 0.25) is 0 Å². The van der Waals surface area contributed by atoms with E-state index in [4.69, 9.17) is 6.42 Å². The molecule has 1 nitrogen and oxygen atoms in total. The fourth-order valence-corrected chi connectivity index (χ4v) is 1.68. The van der Waals surface area contributed by atoms with Gasteiger partial charge in [-0.15, -0.1) is 6.42 Å². The molecular formula is C15H15N. The standard InChI is InChI=1S/C15H15N/c1-3-12(2)16-11-13-8-9-14-6-4-5-7-15(14)10-13/h1,4-10,12,16H,11H2,2H3. The van der Waals surface area contributed by atoms with Crippen molar-refractivity contribution in [1.29, 1.82) is 0 Å². The van der Waals surface area contributed by atoms with Crippen molar-refractivity contribution in [2.24, 2.45) is 0 Å². The summed E-state index contributed by atoms with van der Waals surface area (Å²) in [6.07, 6.45) is 5.31. The van der Waals surface area contributed by atoms with E-state index in [0.717, 1.165) is 6.54 Å². The van der Waals surface area contributed by atoms with Crippen molar-refractivity contribution in [1.82, 2.24) is 5.32 Å². The Hall–Kier alpha value is -1.78. The van der Waals surface area contributed by atoms with E-state index in [1.807, 2.05) is 6.92 Å². The molecule has 0 spiro atoms. The van der Waals surface area contributed by atoms with E-state index < -0.39 is 0 Å². The molecule has 0 aliphatic carbocycles. The van der Waals surface area contributed by atoms with Crippen molar-refractivity contribution >= 4 is 10.8 Å². The zero-order valence-corrected chi connectivity index (χ0v) is 9.40. The molecule has 0 bridgehead atoms. The molecule has 16 heavy (non-hydrogen) atoms. The number of terminal acetylenes is 1. The summed E-state index contributed by atoms with van der Waals surface area (Å²) < 4.78 is 0. The number of benzene rings is 2. The summed E-state index contributed by atoms with van der Waals surface area (Å²) in [6.45, 7) is 2.80. The van der Waals surface area contributed by atoms with Crippen LogP contribution in [0.2, 0.25) is 0 Å². The summed E-state index contributed by atoms with van der Waals surface area (Å²) in [7, 11) is 0. The fourth-order valence-electron chi connectivity index (χ4n) is 1.68. The number of hydrogen-bond acceptors (Lipinski definition) is 1. The molecule has 1 unspecified atom stereocenters. The number of nitrogens with one attached hydrogen (secondary N) is 1. The summed E-state index contributed by atoms with van der Waals surface area (Å²) >= 11 is 0. The van der Waals surface area contributed by atoms with Crippen molar-refractivity contribution in [3.05, 3.63) is 48.0 Å². The summed E-state index contributed by atoms with van der Waals surface area (Å²) in [6, 6.07) is 15.0. The molecule has 1 N–H and O–H groups in total. The predicted molar refractivity (Wildman–Crippen MR) is 69.1 cm³/mol. The van der Waals surface area contributed by atoms with Gasteiger partial charge < -0.3 is 0 Å². The van der Waals surface area contributed by atoms with Gasteiger partial charge in [0.05, 0.1) is 6.04 Å². The lowest BCUT2D eigenvalue weighted by molar-refractivity contribution is 0.648. The second-order valence-corrected chi connectivity index (χ2v) is 3.95. The normalized spacial score (nSPS) is 12.2. The highest BCUT2D eigenvalue weighted by Crippen LogP contribution is 2.15. The van der Waals surface area contributed by atoms with Gasteiger partial charge in [0.1, 0.15) is 0 Å². The number of fused-ring (bicyclic) bond motifs is 1. The molecular weight excluding hydrogens is 194 g/mol. The summed E-state index contributed by atoms with van der Waals surface area (Å²) in [4.78, 5) is 0. The van der Waals surface area contributed by atoms with Crippen LogP contribution in [-0.2, 0) is 6.54 Å². The third-order valence-corrected chi connectivity index (χ3v) is 2.68. The van der Waals surface area contributed by atoms with Gasteiger partial charge in [-0.1, -0.05) is 42.3 Å². The van der Waals surface area contributed by atoms with Gasteiger partial charge in [-0.2, -0.15) is 0 Å². The number of rotatable bonds is 3. The SMILES string of the molecule is C#CC(C)NCc1ccc2ccccc2c1. The Labute approximate surface area is 96.5 Å². The van der Waals surface area contributed by atoms with Gasteiger partial charge in [0.25, 0.3) is 0 Å². The molecule has 0 heterocycles. The van der Waals surface area contributed by atoms with Gasteiger partial charge in [0, 0.05) is 6.54 Å². The molecule has 0 fully saturated rings. The van der Waals surface area contributed by atoms with Gasteiger partial charge in [0.15, 0.2) is 0 Å². The predicted octanol–water partition coefficient (Wildman–Crippen LogP) is 2.95. The minimum absolute atomic E-state index is 0.117. The maximum absolute atomic E-state index is 5.31. The lowest BCUT2D eigenvalue weighted by atomic mass is 10.1. The molecule has 0 aromatic heterocycles. The molecule has 1 atom stereocenters. The molecule has 0 aliphatic rings. The lowest BCUT2D eigenvalue weighted by Crippen LogP contribution is -2.23.